The first-order valence-electron chi connectivity index (χ1n) is 10.2. The maximum Gasteiger partial charge on any atom is 0.271 e. The average molecular weight is 396 g/mol. The Bertz CT molecular complexity index is 894. The molecule has 0 bridgehead atoms. The maximum absolute atomic E-state index is 13.1. The number of amides is 2. The molecule has 2 amide bonds. The smallest absolute Gasteiger partial charge is 0.271 e. The van der Waals surface area contributed by atoms with Crippen molar-refractivity contribution in [3.8, 4) is 0 Å². The van der Waals surface area contributed by atoms with Gasteiger partial charge in [0.25, 0.3) is 5.91 Å². The first-order chi connectivity index (χ1) is 14.0. The highest BCUT2D eigenvalue weighted by Gasteiger charge is 2.37. The molecule has 2 aromatic rings. The van der Waals surface area contributed by atoms with Gasteiger partial charge in [-0.2, -0.15) is 0 Å². The number of ether oxygens (including phenoxy) is 1. The minimum atomic E-state index is -0.199. The molecule has 2 aliphatic rings. The Morgan fingerprint density at radius 2 is 2.00 bits per heavy atom. The fraction of sp³-hybridized carbons (Fsp3) is 0.500. The lowest BCUT2D eigenvalue weighted by molar-refractivity contribution is -0.139. The normalized spacial score (nSPS) is 24.1. The van der Waals surface area contributed by atoms with E-state index in [0.717, 1.165) is 25.8 Å². The maximum atomic E-state index is 13.1. The number of fused-ring (bicyclic) bond motifs is 1. The van der Waals surface area contributed by atoms with Crippen LogP contribution in [0.25, 0.3) is 0 Å². The van der Waals surface area contributed by atoms with Crippen LogP contribution in [0.5, 0.6) is 0 Å². The minimum absolute atomic E-state index is 0.0618. The van der Waals surface area contributed by atoms with Crippen molar-refractivity contribution in [3.05, 3.63) is 53.6 Å². The van der Waals surface area contributed by atoms with Crippen LogP contribution in [0.1, 0.15) is 40.9 Å². The summed E-state index contributed by atoms with van der Waals surface area (Å²) in [5.41, 5.74) is 2.98. The lowest BCUT2D eigenvalue weighted by Gasteiger charge is -2.38. The number of carbonyl (C=O) groups excluding carboxylic acids is 2. The van der Waals surface area contributed by atoms with Crippen LogP contribution >= 0.6 is 0 Å². The topological polar surface area (TPSA) is 76.5 Å². The third kappa shape index (κ3) is 4.19. The van der Waals surface area contributed by atoms with Gasteiger partial charge in [-0.05, 0) is 36.8 Å². The molecule has 7 heteroatoms. The van der Waals surface area contributed by atoms with Gasteiger partial charge in [0.15, 0.2) is 0 Å². The molecule has 1 fully saturated rings. The molecular formula is C22H28N4O3. The van der Waals surface area contributed by atoms with Crippen molar-refractivity contribution in [1.29, 1.82) is 0 Å². The van der Waals surface area contributed by atoms with Crippen molar-refractivity contribution < 1.29 is 14.3 Å². The highest BCUT2D eigenvalue weighted by Crippen LogP contribution is 2.30. The summed E-state index contributed by atoms with van der Waals surface area (Å²) in [5, 5.41) is 3.04. The second kappa shape index (κ2) is 8.37. The van der Waals surface area contributed by atoms with E-state index in [1.54, 1.807) is 24.2 Å². The Morgan fingerprint density at radius 3 is 2.72 bits per heavy atom. The van der Waals surface area contributed by atoms with Gasteiger partial charge in [-0.25, -0.2) is 4.98 Å². The van der Waals surface area contributed by atoms with Gasteiger partial charge in [0.1, 0.15) is 5.69 Å². The Labute approximate surface area is 171 Å². The molecule has 7 nitrogen and oxygen atoms in total. The molecule has 0 saturated heterocycles. The van der Waals surface area contributed by atoms with E-state index in [-0.39, 0.29) is 29.9 Å². The lowest BCUT2D eigenvalue weighted by Crippen LogP contribution is -2.50. The molecule has 1 aliphatic carbocycles. The molecule has 2 heterocycles. The standard InChI is InChI=1S/C22H28N4O3/c1-25-13-19(23-14-25)21(27)24-18-8-7-16(11-20(18)29-2)22(28)26-10-9-15-5-3-4-6-17(15)12-26/h3-6,13-14,16,18,20H,7-12H2,1-2H3,(H,24,27)/t16-,18-,20-/m0/s1. The van der Waals surface area contributed by atoms with Gasteiger partial charge in [0.05, 0.1) is 18.5 Å². The van der Waals surface area contributed by atoms with Gasteiger partial charge in [0.2, 0.25) is 5.91 Å². The lowest BCUT2D eigenvalue weighted by atomic mass is 9.82. The number of hydrogen-bond acceptors (Lipinski definition) is 4. The first kappa shape index (κ1) is 19.6. The van der Waals surface area contributed by atoms with Crippen molar-refractivity contribution >= 4 is 11.8 Å². The fourth-order valence-electron chi connectivity index (χ4n) is 4.49. The highest BCUT2D eigenvalue weighted by molar-refractivity contribution is 5.92. The van der Waals surface area contributed by atoms with Crippen LogP contribution in [-0.4, -0.2) is 52.1 Å². The molecule has 4 rings (SSSR count). The summed E-state index contributed by atoms with van der Waals surface area (Å²) in [6.45, 7) is 1.45. The number of imidazole rings is 1. The van der Waals surface area contributed by atoms with Crippen molar-refractivity contribution in [3.63, 3.8) is 0 Å². The van der Waals surface area contributed by atoms with Gasteiger partial charge in [-0.1, -0.05) is 24.3 Å². The number of carbonyl (C=O) groups is 2. The molecule has 0 radical (unpaired) electrons. The van der Waals surface area contributed by atoms with Crippen molar-refractivity contribution in [1.82, 2.24) is 19.8 Å². The Hall–Kier alpha value is -2.67. The van der Waals surface area contributed by atoms with E-state index in [1.165, 1.54) is 11.1 Å². The van der Waals surface area contributed by atoms with E-state index in [0.29, 0.717) is 18.7 Å². The highest BCUT2D eigenvalue weighted by atomic mass is 16.5. The number of hydrogen-bond donors (Lipinski definition) is 1. The molecule has 1 aliphatic heterocycles. The second-order valence-electron chi connectivity index (χ2n) is 8.07. The number of nitrogens with zero attached hydrogens (tertiary/aromatic N) is 3. The fourth-order valence-corrected chi connectivity index (χ4v) is 4.49. The zero-order valence-corrected chi connectivity index (χ0v) is 17.0. The molecule has 0 unspecified atom stereocenters. The zero-order valence-electron chi connectivity index (χ0n) is 17.0. The van der Waals surface area contributed by atoms with Gasteiger partial charge in [-0.15, -0.1) is 0 Å². The third-order valence-corrected chi connectivity index (χ3v) is 6.14. The summed E-state index contributed by atoms with van der Waals surface area (Å²) >= 11 is 0. The Kier molecular flexibility index (Phi) is 5.67. The van der Waals surface area contributed by atoms with Gasteiger partial charge in [-0.3, -0.25) is 9.59 Å². The third-order valence-electron chi connectivity index (χ3n) is 6.14. The molecule has 3 atom stereocenters. The molecular weight excluding hydrogens is 368 g/mol. The summed E-state index contributed by atoms with van der Waals surface area (Å²) in [5.74, 6) is -0.0562. The van der Waals surface area contributed by atoms with Crippen LogP contribution in [0, 0.1) is 5.92 Å². The van der Waals surface area contributed by atoms with Crippen LogP contribution in [0.3, 0.4) is 0 Å². The van der Waals surface area contributed by atoms with Gasteiger partial charge in [0, 0.05) is 39.4 Å². The SMILES string of the molecule is CO[C@H]1C[C@@H](C(=O)N2CCc3ccccc3C2)CC[C@@H]1NC(=O)c1cn(C)cn1. The van der Waals surface area contributed by atoms with Crippen LogP contribution in [0.4, 0.5) is 0 Å². The number of benzene rings is 1. The van der Waals surface area contributed by atoms with Crippen LogP contribution in [0.2, 0.25) is 0 Å². The monoisotopic (exact) mass is 396 g/mol. The second-order valence-corrected chi connectivity index (χ2v) is 8.07. The van der Waals surface area contributed by atoms with E-state index in [1.807, 2.05) is 18.0 Å². The number of rotatable bonds is 4. The number of nitrogens with one attached hydrogen (secondary N) is 1. The van der Waals surface area contributed by atoms with Crippen LogP contribution in [-0.2, 0) is 29.5 Å². The molecule has 29 heavy (non-hydrogen) atoms. The largest absolute Gasteiger partial charge is 0.379 e. The Balaban J connectivity index is 1.37. The van der Waals surface area contributed by atoms with E-state index in [2.05, 4.69) is 28.5 Å². The minimum Gasteiger partial charge on any atom is -0.379 e. The number of methoxy groups -OCH3 is 1. The first-order valence-corrected chi connectivity index (χ1v) is 10.2. The predicted molar refractivity (Wildman–Crippen MR) is 108 cm³/mol. The van der Waals surface area contributed by atoms with Crippen molar-refractivity contribution in [2.45, 2.75) is 44.4 Å². The van der Waals surface area contributed by atoms with Crippen LogP contribution in [0.15, 0.2) is 36.8 Å². The molecule has 1 saturated carbocycles. The molecule has 154 valence electrons. The molecule has 1 aromatic carbocycles. The summed E-state index contributed by atoms with van der Waals surface area (Å²) in [6.07, 6.45) is 6.13. The van der Waals surface area contributed by atoms with Gasteiger partial charge >= 0.3 is 0 Å². The van der Waals surface area contributed by atoms with Crippen molar-refractivity contribution in [2.75, 3.05) is 13.7 Å². The molecule has 0 spiro atoms. The summed E-state index contributed by atoms with van der Waals surface area (Å²) in [7, 11) is 3.48. The molecule has 1 aromatic heterocycles. The van der Waals surface area contributed by atoms with E-state index in [9.17, 15) is 9.59 Å². The van der Waals surface area contributed by atoms with E-state index < -0.39 is 0 Å². The van der Waals surface area contributed by atoms with E-state index >= 15 is 0 Å². The number of aromatic nitrogens is 2. The summed E-state index contributed by atoms with van der Waals surface area (Å²) in [4.78, 5) is 31.7. The zero-order chi connectivity index (χ0) is 20.4. The molecule has 1 N–H and O–H groups in total. The Morgan fingerprint density at radius 1 is 1.21 bits per heavy atom. The van der Waals surface area contributed by atoms with Gasteiger partial charge < -0.3 is 19.5 Å². The summed E-state index contributed by atoms with van der Waals surface area (Å²) in [6, 6.07) is 8.23. The summed E-state index contributed by atoms with van der Waals surface area (Å²) < 4.78 is 7.40. The van der Waals surface area contributed by atoms with E-state index in [4.69, 9.17) is 4.74 Å². The predicted octanol–water partition coefficient (Wildman–Crippen LogP) is 1.92. The van der Waals surface area contributed by atoms with Crippen molar-refractivity contribution in [2.24, 2.45) is 13.0 Å². The van der Waals surface area contributed by atoms with Crippen LogP contribution < -0.4 is 5.32 Å². The quantitative estimate of drug-likeness (QED) is 0.857. The number of aryl methyl sites for hydroxylation is 1. The average Bonchev–Trinajstić information content (AvgIpc) is 3.19.